The monoisotopic (exact) mass is 254 g/mol. The predicted molar refractivity (Wildman–Crippen MR) is 77.0 cm³/mol. The first-order valence-corrected chi connectivity index (χ1v) is 7.37. The molecule has 0 aliphatic rings. The lowest BCUT2D eigenvalue weighted by molar-refractivity contribution is 0.698. The lowest BCUT2D eigenvalue weighted by atomic mass is 10.2. The van der Waals surface area contributed by atoms with Crippen molar-refractivity contribution in [3.8, 4) is 0 Å². The van der Waals surface area contributed by atoms with Crippen molar-refractivity contribution in [2.45, 2.75) is 20.3 Å². The van der Waals surface area contributed by atoms with E-state index in [4.69, 9.17) is 0 Å². The molecule has 0 spiro atoms. The summed E-state index contributed by atoms with van der Waals surface area (Å²) in [4.78, 5) is 8.83. The molecule has 1 aromatic rings. The average Bonchev–Trinajstić information content (AvgIpc) is 2.36. The van der Waals surface area contributed by atoms with Gasteiger partial charge in [0.1, 0.15) is 17.5 Å². The van der Waals surface area contributed by atoms with Gasteiger partial charge >= 0.3 is 0 Å². The van der Waals surface area contributed by atoms with Crippen LogP contribution >= 0.6 is 11.8 Å². The Hall–Kier alpha value is -0.970. The molecule has 0 saturated heterocycles. The summed E-state index contributed by atoms with van der Waals surface area (Å²) >= 11 is 1.88. The summed E-state index contributed by atoms with van der Waals surface area (Å²) in [6, 6.07) is 1.95. The van der Waals surface area contributed by atoms with Gasteiger partial charge in [-0.3, -0.25) is 0 Å². The van der Waals surface area contributed by atoms with E-state index < -0.39 is 0 Å². The molecule has 1 heterocycles. The quantitative estimate of drug-likeness (QED) is 0.783. The maximum atomic E-state index is 4.46. The largest absolute Gasteiger partial charge is 0.373 e. The molecule has 0 bridgehead atoms. The van der Waals surface area contributed by atoms with E-state index in [-0.39, 0.29) is 0 Å². The number of rotatable bonds is 7. The fourth-order valence-corrected chi connectivity index (χ4v) is 2.18. The molecule has 0 aliphatic carbocycles. The fraction of sp³-hybridized carbons (Fsp3) is 0.667. The molecule has 5 heteroatoms. The third kappa shape index (κ3) is 4.81. The van der Waals surface area contributed by atoms with Crippen LogP contribution in [-0.4, -0.2) is 35.6 Å². The van der Waals surface area contributed by atoms with E-state index in [9.17, 15) is 0 Å². The Kier molecular flexibility index (Phi) is 6.11. The van der Waals surface area contributed by atoms with Crippen LogP contribution in [0.5, 0.6) is 0 Å². The van der Waals surface area contributed by atoms with Crippen molar-refractivity contribution in [3.63, 3.8) is 0 Å². The average molecular weight is 254 g/mol. The smallest absolute Gasteiger partial charge is 0.132 e. The summed E-state index contributed by atoms with van der Waals surface area (Å²) in [6.07, 6.45) is 2.99. The lowest BCUT2D eigenvalue weighted by Crippen LogP contribution is -2.15. The van der Waals surface area contributed by atoms with Gasteiger partial charge in [-0.2, -0.15) is 11.8 Å². The molecule has 1 aromatic heterocycles. The van der Waals surface area contributed by atoms with Crippen LogP contribution in [0.2, 0.25) is 0 Å². The molecule has 0 aromatic carbocycles. The highest BCUT2D eigenvalue weighted by Crippen LogP contribution is 2.12. The van der Waals surface area contributed by atoms with Crippen molar-refractivity contribution in [2.75, 3.05) is 36.2 Å². The summed E-state index contributed by atoms with van der Waals surface area (Å²) < 4.78 is 0. The van der Waals surface area contributed by atoms with Crippen molar-refractivity contribution in [1.29, 1.82) is 0 Å². The Morgan fingerprint density at radius 3 is 2.65 bits per heavy atom. The first-order valence-electron chi connectivity index (χ1n) is 5.98. The minimum Gasteiger partial charge on any atom is -0.373 e. The van der Waals surface area contributed by atoms with E-state index in [2.05, 4.69) is 40.7 Å². The second kappa shape index (κ2) is 7.37. The third-order valence-corrected chi connectivity index (χ3v) is 3.33. The van der Waals surface area contributed by atoms with Crippen LogP contribution in [0.3, 0.4) is 0 Å². The highest BCUT2D eigenvalue weighted by molar-refractivity contribution is 7.98. The Bertz CT molecular complexity index is 321. The van der Waals surface area contributed by atoms with Crippen LogP contribution in [0.25, 0.3) is 0 Å². The van der Waals surface area contributed by atoms with E-state index in [0.717, 1.165) is 36.2 Å². The number of nitrogens with zero attached hydrogens (tertiary/aromatic N) is 2. The zero-order chi connectivity index (χ0) is 12.7. The number of aryl methyl sites for hydroxylation is 1. The van der Waals surface area contributed by atoms with Crippen LogP contribution in [0.1, 0.15) is 19.7 Å². The molecule has 0 radical (unpaired) electrons. The topological polar surface area (TPSA) is 49.8 Å². The van der Waals surface area contributed by atoms with Crippen LogP contribution in [0.4, 0.5) is 11.6 Å². The molecule has 1 atom stereocenters. The van der Waals surface area contributed by atoms with E-state index >= 15 is 0 Å². The van der Waals surface area contributed by atoms with Gasteiger partial charge in [-0.15, -0.1) is 0 Å². The molecule has 4 nitrogen and oxygen atoms in total. The molecule has 0 aliphatic heterocycles. The predicted octanol–water partition coefficient (Wildman–Crippen LogP) is 2.49. The molecule has 17 heavy (non-hydrogen) atoms. The number of aromatic nitrogens is 2. The van der Waals surface area contributed by atoms with Gasteiger partial charge in [0, 0.05) is 26.1 Å². The summed E-state index contributed by atoms with van der Waals surface area (Å²) in [5, 5.41) is 6.43. The summed E-state index contributed by atoms with van der Waals surface area (Å²) in [6.45, 7) is 5.25. The standard InChI is InChI=1S/C12H22N4S/c1-5-10-15-11(13-3)6-12(16-10)14-7-9(2)8-17-4/h6,9H,5,7-8H2,1-4H3,(H2,13,14,15,16). The molecular formula is C12H22N4S. The van der Waals surface area contributed by atoms with Crippen molar-refractivity contribution in [2.24, 2.45) is 5.92 Å². The number of hydrogen-bond acceptors (Lipinski definition) is 5. The van der Waals surface area contributed by atoms with Crippen molar-refractivity contribution < 1.29 is 0 Å². The Morgan fingerprint density at radius 1 is 1.35 bits per heavy atom. The Morgan fingerprint density at radius 2 is 2.06 bits per heavy atom. The highest BCUT2D eigenvalue weighted by Gasteiger charge is 2.04. The van der Waals surface area contributed by atoms with E-state index in [1.165, 1.54) is 0 Å². The number of hydrogen-bond donors (Lipinski definition) is 2. The van der Waals surface area contributed by atoms with Crippen LogP contribution < -0.4 is 10.6 Å². The van der Waals surface area contributed by atoms with Crippen molar-refractivity contribution in [3.05, 3.63) is 11.9 Å². The Labute approximate surface area is 108 Å². The first-order chi connectivity index (χ1) is 8.19. The van der Waals surface area contributed by atoms with Crippen molar-refractivity contribution >= 4 is 23.4 Å². The third-order valence-electron chi connectivity index (χ3n) is 2.43. The van der Waals surface area contributed by atoms with Crippen LogP contribution in [0, 0.1) is 5.92 Å². The van der Waals surface area contributed by atoms with E-state index in [0.29, 0.717) is 5.92 Å². The second-order valence-electron chi connectivity index (χ2n) is 4.10. The molecule has 0 amide bonds. The van der Waals surface area contributed by atoms with Crippen LogP contribution in [0.15, 0.2) is 6.07 Å². The zero-order valence-electron chi connectivity index (χ0n) is 11.1. The van der Waals surface area contributed by atoms with Gasteiger partial charge in [-0.1, -0.05) is 13.8 Å². The second-order valence-corrected chi connectivity index (χ2v) is 5.01. The van der Waals surface area contributed by atoms with Gasteiger partial charge < -0.3 is 10.6 Å². The highest BCUT2D eigenvalue weighted by atomic mass is 32.2. The lowest BCUT2D eigenvalue weighted by Gasteiger charge is -2.13. The van der Waals surface area contributed by atoms with E-state index in [1.807, 2.05) is 24.9 Å². The SMILES string of the molecule is CCc1nc(NC)cc(NCC(C)CSC)n1. The minimum atomic E-state index is 0.642. The molecule has 1 rings (SSSR count). The van der Waals surface area contributed by atoms with Gasteiger partial charge in [-0.25, -0.2) is 9.97 Å². The summed E-state index contributed by atoms with van der Waals surface area (Å²) in [7, 11) is 1.88. The molecule has 2 N–H and O–H groups in total. The van der Waals surface area contributed by atoms with Crippen molar-refractivity contribution in [1.82, 2.24) is 9.97 Å². The van der Waals surface area contributed by atoms with Gasteiger partial charge in [-0.05, 0) is 17.9 Å². The maximum absolute atomic E-state index is 4.46. The van der Waals surface area contributed by atoms with Gasteiger partial charge in [0.15, 0.2) is 0 Å². The molecule has 96 valence electrons. The zero-order valence-corrected chi connectivity index (χ0v) is 11.9. The van der Waals surface area contributed by atoms with E-state index in [1.54, 1.807) is 0 Å². The molecule has 0 saturated carbocycles. The molecular weight excluding hydrogens is 232 g/mol. The van der Waals surface area contributed by atoms with Crippen LogP contribution in [-0.2, 0) is 6.42 Å². The fourth-order valence-electron chi connectivity index (χ4n) is 1.50. The summed E-state index contributed by atoms with van der Waals surface area (Å²) in [5.41, 5.74) is 0. The Balaban J connectivity index is 2.63. The van der Waals surface area contributed by atoms with Gasteiger partial charge in [0.05, 0.1) is 0 Å². The summed E-state index contributed by atoms with van der Waals surface area (Å²) in [5.74, 6) is 4.46. The molecule has 0 fully saturated rings. The number of nitrogens with one attached hydrogen (secondary N) is 2. The molecule has 1 unspecified atom stereocenters. The number of thioether (sulfide) groups is 1. The van der Waals surface area contributed by atoms with Gasteiger partial charge in [0.25, 0.3) is 0 Å². The number of anilines is 2. The maximum Gasteiger partial charge on any atom is 0.132 e. The van der Waals surface area contributed by atoms with Gasteiger partial charge in [0.2, 0.25) is 0 Å². The normalized spacial score (nSPS) is 12.2. The first kappa shape index (κ1) is 14.1. The minimum absolute atomic E-state index is 0.642.